The summed E-state index contributed by atoms with van der Waals surface area (Å²) in [6, 6.07) is 10.1. The Morgan fingerprint density at radius 2 is 2.21 bits per heavy atom. The first-order valence-corrected chi connectivity index (χ1v) is 6.52. The van der Waals surface area contributed by atoms with Crippen LogP contribution < -0.4 is 10.6 Å². The van der Waals surface area contributed by atoms with E-state index in [2.05, 4.69) is 27.8 Å². The number of aromatic amines is 1. The lowest BCUT2D eigenvalue weighted by atomic mass is 9.90. The van der Waals surface area contributed by atoms with Gasteiger partial charge in [-0.15, -0.1) is 0 Å². The van der Waals surface area contributed by atoms with E-state index in [9.17, 15) is 4.79 Å². The second kappa shape index (κ2) is 5.28. The minimum absolute atomic E-state index is 0.0841. The van der Waals surface area contributed by atoms with Crippen molar-refractivity contribution in [2.45, 2.75) is 19.0 Å². The second-order valence-electron chi connectivity index (χ2n) is 4.82. The summed E-state index contributed by atoms with van der Waals surface area (Å²) in [5.74, 6) is -0.00950. The van der Waals surface area contributed by atoms with Gasteiger partial charge in [0.2, 0.25) is 5.91 Å². The molecule has 1 aromatic heterocycles. The predicted octanol–water partition coefficient (Wildman–Crippen LogP) is 1.52. The zero-order valence-corrected chi connectivity index (χ0v) is 10.6. The largest absolute Gasteiger partial charge is 0.367 e. The van der Waals surface area contributed by atoms with Crippen molar-refractivity contribution in [3.05, 3.63) is 59.4 Å². The molecule has 0 spiro atoms. The molecule has 2 aromatic rings. The van der Waals surface area contributed by atoms with E-state index in [4.69, 9.17) is 0 Å². The molecule has 19 heavy (non-hydrogen) atoms. The maximum absolute atomic E-state index is 12.3. The summed E-state index contributed by atoms with van der Waals surface area (Å²) in [5, 5.41) is 6.29. The van der Waals surface area contributed by atoms with E-state index in [1.165, 1.54) is 5.56 Å². The minimum Gasteiger partial charge on any atom is -0.367 e. The third kappa shape index (κ3) is 2.53. The standard InChI is InChI=1S/C15H17N3O/c19-15(18-8-11-5-6-16-7-11)14-10-17-9-12-3-1-2-4-13(12)14/h1-7,14,16-17H,8-10H2,(H,18,19). The van der Waals surface area contributed by atoms with Crippen LogP contribution in [0.5, 0.6) is 0 Å². The molecule has 1 unspecified atom stereocenters. The molecule has 3 N–H and O–H groups in total. The van der Waals surface area contributed by atoms with Crippen LogP contribution in [0.15, 0.2) is 42.7 Å². The minimum atomic E-state index is -0.0936. The Labute approximate surface area is 112 Å². The van der Waals surface area contributed by atoms with Crippen molar-refractivity contribution in [1.29, 1.82) is 0 Å². The summed E-state index contributed by atoms with van der Waals surface area (Å²) in [4.78, 5) is 15.3. The van der Waals surface area contributed by atoms with Crippen molar-refractivity contribution < 1.29 is 4.79 Å². The first kappa shape index (κ1) is 12.0. The van der Waals surface area contributed by atoms with Crippen LogP contribution in [0.2, 0.25) is 0 Å². The Kier molecular flexibility index (Phi) is 3.33. The fourth-order valence-corrected chi connectivity index (χ4v) is 2.51. The van der Waals surface area contributed by atoms with Crippen LogP contribution >= 0.6 is 0 Å². The fourth-order valence-electron chi connectivity index (χ4n) is 2.51. The van der Waals surface area contributed by atoms with E-state index in [0.717, 1.165) is 17.7 Å². The summed E-state index contributed by atoms with van der Waals surface area (Å²) in [6.07, 6.45) is 3.76. The van der Waals surface area contributed by atoms with Gasteiger partial charge in [0.1, 0.15) is 0 Å². The number of benzene rings is 1. The number of aromatic nitrogens is 1. The molecule has 1 atom stereocenters. The highest BCUT2D eigenvalue weighted by molar-refractivity contribution is 5.84. The summed E-state index contributed by atoms with van der Waals surface area (Å²) < 4.78 is 0. The highest BCUT2D eigenvalue weighted by Gasteiger charge is 2.25. The van der Waals surface area contributed by atoms with E-state index < -0.39 is 0 Å². The molecule has 1 aliphatic rings. The van der Waals surface area contributed by atoms with Gasteiger partial charge < -0.3 is 15.6 Å². The van der Waals surface area contributed by atoms with Crippen molar-refractivity contribution in [2.24, 2.45) is 0 Å². The lowest BCUT2D eigenvalue weighted by Gasteiger charge is -2.25. The highest BCUT2D eigenvalue weighted by atomic mass is 16.1. The van der Waals surface area contributed by atoms with E-state index >= 15 is 0 Å². The number of fused-ring (bicyclic) bond motifs is 1. The van der Waals surface area contributed by atoms with E-state index in [1.807, 2.05) is 30.6 Å². The SMILES string of the molecule is O=C(NCc1cc[nH]c1)C1CNCc2ccccc21. The van der Waals surface area contributed by atoms with Gasteiger partial charge in [-0.1, -0.05) is 24.3 Å². The monoisotopic (exact) mass is 255 g/mol. The molecule has 0 aliphatic carbocycles. The van der Waals surface area contributed by atoms with Crippen molar-refractivity contribution in [2.75, 3.05) is 6.54 Å². The summed E-state index contributed by atoms with van der Waals surface area (Å²) >= 11 is 0. The van der Waals surface area contributed by atoms with Crippen LogP contribution in [0.25, 0.3) is 0 Å². The fraction of sp³-hybridized carbons (Fsp3) is 0.267. The topological polar surface area (TPSA) is 56.9 Å². The molecule has 98 valence electrons. The van der Waals surface area contributed by atoms with Crippen LogP contribution in [-0.2, 0) is 17.9 Å². The molecule has 0 saturated heterocycles. The van der Waals surface area contributed by atoms with Crippen LogP contribution in [0.1, 0.15) is 22.6 Å². The number of hydrogen-bond acceptors (Lipinski definition) is 2. The molecule has 0 radical (unpaired) electrons. The number of carbonyl (C=O) groups excluding carboxylic acids is 1. The van der Waals surface area contributed by atoms with Gasteiger partial charge in [-0.2, -0.15) is 0 Å². The Morgan fingerprint density at radius 3 is 3.05 bits per heavy atom. The predicted molar refractivity (Wildman–Crippen MR) is 73.5 cm³/mol. The number of amides is 1. The molecular formula is C15H17N3O. The number of hydrogen-bond donors (Lipinski definition) is 3. The molecule has 0 fully saturated rings. The van der Waals surface area contributed by atoms with Gasteiger partial charge in [-0.3, -0.25) is 4.79 Å². The summed E-state index contributed by atoms with van der Waals surface area (Å²) in [5.41, 5.74) is 3.45. The molecular weight excluding hydrogens is 238 g/mol. The maximum Gasteiger partial charge on any atom is 0.229 e. The lowest BCUT2D eigenvalue weighted by molar-refractivity contribution is -0.122. The molecule has 4 heteroatoms. The zero-order chi connectivity index (χ0) is 13.1. The van der Waals surface area contributed by atoms with Gasteiger partial charge in [-0.25, -0.2) is 0 Å². The second-order valence-corrected chi connectivity index (χ2v) is 4.82. The number of carbonyl (C=O) groups is 1. The van der Waals surface area contributed by atoms with Crippen molar-refractivity contribution >= 4 is 5.91 Å². The third-order valence-corrected chi connectivity index (χ3v) is 3.54. The van der Waals surface area contributed by atoms with E-state index in [1.54, 1.807) is 0 Å². The first-order chi connectivity index (χ1) is 9.34. The molecule has 3 rings (SSSR count). The molecule has 1 aliphatic heterocycles. The third-order valence-electron chi connectivity index (χ3n) is 3.54. The number of H-pyrrole nitrogens is 1. The van der Waals surface area contributed by atoms with Crippen molar-refractivity contribution in [3.8, 4) is 0 Å². The van der Waals surface area contributed by atoms with Gasteiger partial charge in [0, 0.05) is 32.0 Å². The average Bonchev–Trinajstić information content (AvgIpc) is 2.97. The van der Waals surface area contributed by atoms with Gasteiger partial charge in [0.25, 0.3) is 0 Å². The Hall–Kier alpha value is -2.07. The Balaban J connectivity index is 1.71. The molecule has 0 bridgehead atoms. The van der Waals surface area contributed by atoms with Gasteiger partial charge in [0.05, 0.1) is 5.92 Å². The molecule has 4 nitrogen and oxygen atoms in total. The first-order valence-electron chi connectivity index (χ1n) is 6.52. The van der Waals surface area contributed by atoms with Crippen LogP contribution in [0, 0.1) is 0 Å². The number of rotatable bonds is 3. The van der Waals surface area contributed by atoms with Gasteiger partial charge >= 0.3 is 0 Å². The van der Waals surface area contributed by atoms with Crippen LogP contribution in [0.3, 0.4) is 0 Å². The number of nitrogens with one attached hydrogen (secondary N) is 3. The molecule has 1 amide bonds. The van der Waals surface area contributed by atoms with E-state index in [0.29, 0.717) is 13.1 Å². The molecule has 0 saturated carbocycles. The van der Waals surface area contributed by atoms with Crippen LogP contribution in [-0.4, -0.2) is 17.4 Å². The smallest absolute Gasteiger partial charge is 0.229 e. The quantitative estimate of drug-likeness (QED) is 0.779. The van der Waals surface area contributed by atoms with Gasteiger partial charge in [0.15, 0.2) is 0 Å². The van der Waals surface area contributed by atoms with Crippen molar-refractivity contribution in [3.63, 3.8) is 0 Å². The Bertz CT molecular complexity index is 563. The normalized spacial score (nSPS) is 17.8. The maximum atomic E-state index is 12.3. The molecule has 2 heterocycles. The summed E-state index contributed by atoms with van der Waals surface area (Å²) in [6.45, 7) is 2.12. The highest BCUT2D eigenvalue weighted by Crippen LogP contribution is 2.23. The van der Waals surface area contributed by atoms with Gasteiger partial charge in [-0.05, 0) is 22.8 Å². The van der Waals surface area contributed by atoms with Crippen molar-refractivity contribution in [1.82, 2.24) is 15.6 Å². The lowest BCUT2D eigenvalue weighted by Crippen LogP contribution is -2.38. The summed E-state index contributed by atoms with van der Waals surface area (Å²) in [7, 11) is 0. The Morgan fingerprint density at radius 1 is 1.32 bits per heavy atom. The van der Waals surface area contributed by atoms with E-state index in [-0.39, 0.29) is 11.8 Å². The van der Waals surface area contributed by atoms with Crippen LogP contribution in [0.4, 0.5) is 0 Å². The zero-order valence-electron chi connectivity index (χ0n) is 10.6. The average molecular weight is 255 g/mol. The molecule has 1 aromatic carbocycles.